The first-order valence-electron chi connectivity index (χ1n) is 6.45. The van der Waals surface area contributed by atoms with Crippen LogP contribution in [0.1, 0.15) is 46.5 Å². The molecule has 1 heteroatoms. The molecule has 0 heterocycles. The van der Waals surface area contributed by atoms with E-state index in [0.717, 1.165) is 19.3 Å². The summed E-state index contributed by atoms with van der Waals surface area (Å²) >= 11 is 0. The van der Waals surface area contributed by atoms with E-state index in [9.17, 15) is 5.11 Å². The highest BCUT2D eigenvalue weighted by atomic mass is 16.3. The lowest BCUT2D eigenvalue weighted by atomic mass is 9.62. The fraction of sp³-hybridized carbons (Fsp3) is 0.733. The van der Waals surface area contributed by atoms with Crippen LogP contribution in [-0.2, 0) is 0 Å². The lowest BCUT2D eigenvalue weighted by Gasteiger charge is -2.44. The first-order valence-corrected chi connectivity index (χ1v) is 6.45. The molecule has 3 atom stereocenters. The summed E-state index contributed by atoms with van der Waals surface area (Å²) in [6, 6.07) is 0. The third-order valence-electron chi connectivity index (χ3n) is 4.82. The Kier molecular flexibility index (Phi) is 2.78. The van der Waals surface area contributed by atoms with Gasteiger partial charge in [0.05, 0.1) is 5.60 Å². The summed E-state index contributed by atoms with van der Waals surface area (Å²) in [6.45, 7) is 10.3. The highest BCUT2D eigenvalue weighted by Crippen LogP contribution is 2.57. The van der Waals surface area contributed by atoms with Crippen molar-refractivity contribution in [3.63, 3.8) is 0 Å². The van der Waals surface area contributed by atoms with Gasteiger partial charge in [0.25, 0.3) is 0 Å². The van der Waals surface area contributed by atoms with Crippen LogP contribution in [-0.4, -0.2) is 10.7 Å². The summed E-state index contributed by atoms with van der Waals surface area (Å²) in [5, 5.41) is 10.4. The van der Waals surface area contributed by atoms with Crippen molar-refractivity contribution in [2.24, 2.45) is 17.3 Å². The molecule has 0 aromatic heterocycles. The first-order chi connectivity index (χ1) is 7.36. The standard InChI is InChI=1S/C15H24O/c1-11-7-9-15(10-8-11)12(2)5-6-13(15)14(3,4)16/h7,9,12-13,16H,1,5-6,8,10H2,2-4H3/t12-,13+,15+/m1/s1. The Balaban J connectivity index is 2.35. The molecule has 1 saturated carbocycles. The molecule has 0 unspecified atom stereocenters. The number of aliphatic hydroxyl groups is 1. The van der Waals surface area contributed by atoms with Crippen LogP contribution in [0.5, 0.6) is 0 Å². The van der Waals surface area contributed by atoms with Crippen molar-refractivity contribution in [1.82, 2.24) is 0 Å². The molecule has 16 heavy (non-hydrogen) atoms. The van der Waals surface area contributed by atoms with E-state index < -0.39 is 5.60 Å². The summed E-state index contributed by atoms with van der Waals surface area (Å²) in [6.07, 6.45) is 9.18. The van der Waals surface area contributed by atoms with E-state index in [1.165, 1.54) is 12.0 Å². The van der Waals surface area contributed by atoms with E-state index in [1.807, 2.05) is 13.8 Å². The van der Waals surface area contributed by atoms with E-state index in [-0.39, 0.29) is 5.41 Å². The molecule has 1 N–H and O–H groups in total. The molecule has 0 aromatic rings. The van der Waals surface area contributed by atoms with Gasteiger partial charge in [0.2, 0.25) is 0 Å². The van der Waals surface area contributed by atoms with Crippen molar-refractivity contribution < 1.29 is 5.11 Å². The van der Waals surface area contributed by atoms with Gasteiger partial charge in [-0.3, -0.25) is 0 Å². The molecule has 0 aromatic carbocycles. The van der Waals surface area contributed by atoms with Gasteiger partial charge in [-0.1, -0.05) is 31.2 Å². The van der Waals surface area contributed by atoms with Gasteiger partial charge in [0, 0.05) is 0 Å². The Morgan fingerprint density at radius 2 is 2.12 bits per heavy atom. The molecule has 2 aliphatic carbocycles. The second-order valence-electron chi connectivity index (χ2n) is 6.29. The molecule has 1 spiro atoms. The Hall–Kier alpha value is -0.560. The van der Waals surface area contributed by atoms with Gasteiger partial charge in [-0.05, 0) is 56.8 Å². The highest BCUT2D eigenvalue weighted by molar-refractivity contribution is 5.26. The smallest absolute Gasteiger partial charge is 0.0628 e. The van der Waals surface area contributed by atoms with Crippen molar-refractivity contribution in [2.45, 2.75) is 52.1 Å². The van der Waals surface area contributed by atoms with Crippen LogP contribution in [0.4, 0.5) is 0 Å². The molecule has 90 valence electrons. The van der Waals surface area contributed by atoms with Crippen molar-refractivity contribution >= 4 is 0 Å². The number of rotatable bonds is 1. The Labute approximate surface area is 99.3 Å². The zero-order valence-corrected chi connectivity index (χ0v) is 10.8. The van der Waals surface area contributed by atoms with Crippen molar-refractivity contribution in [2.75, 3.05) is 0 Å². The van der Waals surface area contributed by atoms with Crippen molar-refractivity contribution in [1.29, 1.82) is 0 Å². The predicted octanol–water partition coefficient (Wildman–Crippen LogP) is 3.70. The third kappa shape index (κ3) is 1.75. The van der Waals surface area contributed by atoms with Crippen LogP contribution in [0.25, 0.3) is 0 Å². The second-order valence-corrected chi connectivity index (χ2v) is 6.29. The maximum Gasteiger partial charge on any atom is 0.0628 e. The SMILES string of the molecule is C=C1C=C[C@]2(CC1)[C@H](C)CC[C@H]2C(C)(C)O. The molecule has 1 fully saturated rings. The van der Waals surface area contributed by atoms with Crippen LogP contribution < -0.4 is 0 Å². The fourth-order valence-corrected chi connectivity index (χ4v) is 3.83. The van der Waals surface area contributed by atoms with Gasteiger partial charge in [0.15, 0.2) is 0 Å². The largest absolute Gasteiger partial charge is 0.390 e. The molecule has 0 bridgehead atoms. The summed E-state index contributed by atoms with van der Waals surface area (Å²) in [5.41, 5.74) is 0.895. The van der Waals surface area contributed by atoms with E-state index in [2.05, 4.69) is 25.7 Å². The van der Waals surface area contributed by atoms with Crippen LogP contribution in [0.3, 0.4) is 0 Å². The molecule has 0 saturated heterocycles. The maximum absolute atomic E-state index is 10.4. The van der Waals surface area contributed by atoms with E-state index in [0.29, 0.717) is 11.8 Å². The van der Waals surface area contributed by atoms with Crippen LogP contribution in [0.15, 0.2) is 24.3 Å². The summed E-state index contributed by atoms with van der Waals surface area (Å²) in [4.78, 5) is 0. The highest BCUT2D eigenvalue weighted by Gasteiger charge is 2.51. The summed E-state index contributed by atoms with van der Waals surface area (Å²) in [5.74, 6) is 1.09. The van der Waals surface area contributed by atoms with Crippen LogP contribution in [0, 0.1) is 17.3 Å². The summed E-state index contributed by atoms with van der Waals surface area (Å²) in [7, 11) is 0. The van der Waals surface area contributed by atoms with Gasteiger partial charge in [0.1, 0.15) is 0 Å². The maximum atomic E-state index is 10.4. The minimum absolute atomic E-state index is 0.222. The van der Waals surface area contributed by atoms with E-state index in [1.54, 1.807) is 0 Å². The minimum atomic E-state index is -0.562. The molecule has 0 aliphatic heterocycles. The van der Waals surface area contributed by atoms with Gasteiger partial charge in [-0.2, -0.15) is 0 Å². The molecule has 0 radical (unpaired) electrons. The Morgan fingerprint density at radius 3 is 2.62 bits per heavy atom. The number of allylic oxidation sites excluding steroid dienone is 3. The van der Waals surface area contributed by atoms with Crippen molar-refractivity contribution in [3.05, 3.63) is 24.3 Å². The normalized spacial score (nSPS) is 39.6. The third-order valence-corrected chi connectivity index (χ3v) is 4.82. The molecule has 2 aliphatic rings. The second kappa shape index (κ2) is 3.73. The van der Waals surface area contributed by atoms with Crippen LogP contribution >= 0.6 is 0 Å². The van der Waals surface area contributed by atoms with E-state index in [4.69, 9.17) is 0 Å². The molecular formula is C15H24O. The number of hydrogen-bond acceptors (Lipinski definition) is 1. The average Bonchev–Trinajstić information content (AvgIpc) is 2.49. The fourth-order valence-electron chi connectivity index (χ4n) is 3.83. The van der Waals surface area contributed by atoms with Gasteiger partial charge < -0.3 is 5.11 Å². The van der Waals surface area contributed by atoms with Crippen molar-refractivity contribution in [3.8, 4) is 0 Å². The first kappa shape index (κ1) is 11.9. The predicted molar refractivity (Wildman–Crippen MR) is 68.1 cm³/mol. The lowest BCUT2D eigenvalue weighted by Crippen LogP contribution is -2.42. The quantitative estimate of drug-likeness (QED) is 0.714. The minimum Gasteiger partial charge on any atom is -0.390 e. The zero-order chi connectivity index (χ0) is 12.0. The van der Waals surface area contributed by atoms with E-state index >= 15 is 0 Å². The molecule has 0 amide bonds. The molecular weight excluding hydrogens is 196 g/mol. The lowest BCUT2D eigenvalue weighted by molar-refractivity contribution is -0.0313. The van der Waals surface area contributed by atoms with Gasteiger partial charge in [-0.25, -0.2) is 0 Å². The summed E-state index contributed by atoms with van der Waals surface area (Å²) < 4.78 is 0. The molecule has 1 nitrogen and oxygen atoms in total. The topological polar surface area (TPSA) is 20.2 Å². The Morgan fingerprint density at radius 1 is 1.44 bits per heavy atom. The zero-order valence-electron chi connectivity index (χ0n) is 10.8. The van der Waals surface area contributed by atoms with Gasteiger partial charge >= 0.3 is 0 Å². The van der Waals surface area contributed by atoms with Gasteiger partial charge in [-0.15, -0.1) is 0 Å². The van der Waals surface area contributed by atoms with Crippen LogP contribution in [0.2, 0.25) is 0 Å². The Bertz CT molecular complexity index is 321. The monoisotopic (exact) mass is 220 g/mol. The molecule has 2 rings (SSSR count). The average molecular weight is 220 g/mol. The number of hydrogen-bond donors (Lipinski definition) is 1.